The van der Waals surface area contributed by atoms with Crippen molar-refractivity contribution in [3.05, 3.63) is 65.2 Å². The molecule has 3 heteroatoms. The van der Waals surface area contributed by atoms with E-state index < -0.39 is 9.84 Å². The summed E-state index contributed by atoms with van der Waals surface area (Å²) in [7, 11) is -3.15. The molecule has 0 aliphatic carbocycles. The molecule has 0 saturated carbocycles. The maximum absolute atomic E-state index is 11.7. The quantitative estimate of drug-likeness (QED) is 0.850. The molecule has 0 heterocycles. The molecule has 94 valence electrons. The third kappa shape index (κ3) is 2.99. The normalized spacial score (nSPS) is 11.4. The fraction of sp³-hybridized carbons (Fsp3) is 0.200. The summed E-state index contributed by atoms with van der Waals surface area (Å²) < 4.78 is 23.3. The monoisotopic (exact) mass is 260 g/mol. The second-order valence-corrected chi connectivity index (χ2v) is 6.52. The largest absolute Gasteiger partial charge is 0.224 e. The predicted octanol–water partition coefficient (Wildman–Crippen LogP) is 2.99. The van der Waals surface area contributed by atoms with Crippen molar-refractivity contribution >= 4 is 9.84 Å². The molecule has 0 N–H and O–H groups in total. The van der Waals surface area contributed by atoms with Gasteiger partial charge >= 0.3 is 0 Å². The van der Waals surface area contributed by atoms with Gasteiger partial charge in [0.1, 0.15) is 0 Å². The van der Waals surface area contributed by atoms with Crippen molar-refractivity contribution < 1.29 is 8.42 Å². The zero-order chi connectivity index (χ0) is 13.2. The van der Waals surface area contributed by atoms with Gasteiger partial charge in [0, 0.05) is 6.26 Å². The molecule has 0 amide bonds. The molecular formula is C15H16O2S. The fourth-order valence-corrected chi connectivity index (χ4v) is 3.00. The number of aryl methyl sites for hydroxylation is 1. The summed E-state index contributed by atoms with van der Waals surface area (Å²) in [4.78, 5) is 0.427. The zero-order valence-electron chi connectivity index (χ0n) is 10.6. The van der Waals surface area contributed by atoms with E-state index in [4.69, 9.17) is 0 Å². The average Bonchev–Trinajstić information content (AvgIpc) is 2.31. The fourth-order valence-electron chi connectivity index (χ4n) is 1.99. The molecule has 0 bridgehead atoms. The number of sulfone groups is 1. The Hall–Kier alpha value is -1.61. The highest BCUT2D eigenvalue weighted by Crippen LogP contribution is 2.19. The van der Waals surface area contributed by atoms with E-state index >= 15 is 0 Å². The lowest BCUT2D eigenvalue weighted by atomic mass is 10.0. The van der Waals surface area contributed by atoms with Crippen LogP contribution < -0.4 is 0 Å². The van der Waals surface area contributed by atoms with E-state index in [1.54, 1.807) is 6.07 Å². The standard InChI is InChI=1S/C15H16O2S/c1-12-8-9-14(11-15(12)18(2,16)17)10-13-6-4-3-5-7-13/h3-9,11H,10H2,1-2H3. The van der Waals surface area contributed by atoms with Gasteiger partial charge in [0.15, 0.2) is 9.84 Å². The summed E-state index contributed by atoms with van der Waals surface area (Å²) in [5.41, 5.74) is 3.00. The van der Waals surface area contributed by atoms with E-state index in [1.165, 1.54) is 11.8 Å². The lowest BCUT2D eigenvalue weighted by molar-refractivity contribution is 0.601. The molecule has 2 aromatic carbocycles. The van der Waals surface area contributed by atoms with E-state index in [0.717, 1.165) is 17.5 Å². The van der Waals surface area contributed by atoms with Crippen molar-refractivity contribution in [3.63, 3.8) is 0 Å². The smallest absolute Gasteiger partial charge is 0.175 e. The van der Waals surface area contributed by atoms with Gasteiger partial charge in [-0.1, -0.05) is 42.5 Å². The van der Waals surface area contributed by atoms with Crippen LogP contribution in [0.4, 0.5) is 0 Å². The van der Waals surface area contributed by atoms with E-state index in [9.17, 15) is 8.42 Å². The molecule has 0 radical (unpaired) electrons. The number of benzene rings is 2. The summed E-state index contributed by atoms with van der Waals surface area (Å²) in [6.07, 6.45) is 2.01. The van der Waals surface area contributed by atoms with Crippen LogP contribution in [-0.4, -0.2) is 14.7 Å². The van der Waals surface area contributed by atoms with Crippen LogP contribution in [0.3, 0.4) is 0 Å². The van der Waals surface area contributed by atoms with Crippen molar-refractivity contribution in [2.45, 2.75) is 18.2 Å². The minimum Gasteiger partial charge on any atom is -0.224 e. The van der Waals surface area contributed by atoms with E-state index in [-0.39, 0.29) is 0 Å². The minimum absolute atomic E-state index is 0.427. The molecule has 0 unspecified atom stereocenters. The van der Waals surface area contributed by atoms with E-state index in [0.29, 0.717) is 4.90 Å². The highest BCUT2D eigenvalue weighted by atomic mass is 32.2. The van der Waals surface area contributed by atoms with Crippen molar-refractivity contribution in [1.82, 2.24) is 0 Å². The molecule has 0 atom stereocenters. The Morgan fingerprint density at radius 3 is 2.22 bits per heavy atom. The Bertz CT molecular complexity index is 643. The Morgan fingerprint density at radius 1 is 0.944 bits per heavy atom. The first-order chi connectivity index (χ1) is 8.47. The van der Waals surface area contributed by atoms with Gasteiger partial charge in [-0.3, -0.25) is 0 Å². The van der Waals surface area contributed by atoms with Crippen molar-refractivity contribution in [1.29, 1.82) is 0 Å². The molecule has 2 rings (SSSR count). The Labute approximate surface area is 108 Å². The highest BCUT2D eigenvalue weighted by Gasteiger charge is 2.11. The second-order valence-electron chi connectivity index (χ2n) is 4.53. The van der Waals surface area contributed by atoms with Crippen molar-refractivity contribution in [2.75, 3.05) is 6.26 Å². The van der Waals surface area contributed by atoms with Gasteiger partial charge in [0.25, 0.3) is 0 Å². The summed E-state index contributed by atoms with van der Waals surface area (Å²) in [5, 5.41) is 0. The molecule has 0 aliphatic heterocycles. The van der Waals surface area contributed by atoms with Gasteiger partial charge in [-0.05, 0) is 36.1 Å². The van der Waals surface area contributed by atoms with Gasteiger partial charge in [0.2, 0.25) is 0 Å². The van der Waals surface area contributed by atoms with Gasteiger partial charge in [0.05, 0.1) is 4.90 Å². The Kier molecular flexibility index (Phi) is 3.53. The predicted molar refractivity (Wildman–Crippen MR) is 73.5 cm³/mol. The third-order valence-corrected chi connectivity index (χ3v) is 4.14. The average molecular weight is 260 g/mol. The molecule has 0 spiro atoms. The van der Waals surface area contributed by atoms with Crippen LogP contribution >= 0.6 is 0 Å². The number of hydrogen-bond donors (Lipinski definition) is 0. The van der Waals surface area contributed by atoms with Gasteiger partial charge < -0.3 is 0 Å². The summed E-state index contributed by atoms with van der Waals surface area (Å²) >= 11 is 0. The van der Waals surface area contributed by atoms with Crippen LogP contribution in [-0.2, 0) is 16.3 Å². The molecule has 0 saturated heterocycles. The first-order valence-electron chi connectivity index (χ1n) is 5.80. The van der Waals surface area contributed by atoms with Gasteiger partial charge in [-0.25, -0.2) is 8.42 Å². The molecule has 2 aromatic rings. The van der Waals surface area contributed by atoms with Gasteiger partial charge in [-0.15, -0.1) is 0 Å². The van der Waals surface area contributed by atoms with Crippen molar-refractivity contribution in [3.8, 4) is 0 Å². The van der Waals surface area contributed by atoms with Crippen molar-refractivity contribution in [2.24, 2.45) is 0 Å². The van der Waals surface area contributed by atoms with Gasteiger partial charge in [-0.2, -0.15) is 0 Å². The number of hydrogen-bond acceptors (Lipinski definition) is 2. The molecule has 0 aliphatic rings. The van der Waals surface area contributed by atoms with Crippen LogP contribution in [0.1, 0.15) is 16.7 Å². The Morgan fingerprint density at radius 2 is 1.61 bits per heavy atom. The number of rotatable bonds is 3. The van der Waals surface area contributed by atoms with Crippen LogP contribution in [0.5, 0.6) is 0 Å². The summed E-state index contributed by atoms with van der Waals surface area (Å²) in [5.74, 6) is 0. The molecule has 18 heavy (non-hydrogen) atoms. The topological polar surface area (TPSA) is 34.1 Å². The molecular weight excluding hydrogens is 244 g/mol. The maximum Gasteiger partial charge on any atom is 0.175 e. The lowest BCUT2D eigenvalue weighted by Crippen LogP contribution is -2.01. The lowest BCUT2D eigenvalue weighted by Gasteiger charge is -2.07. The second kappa shape index (κ2) is 4.94. The highest BCUT2D eigenvalue weighted by molar-refractivity contribution is 7.90. The Balaban J connectivity index is 2.37. The van der Waals surface area contributed by atoms with E-state index in [2.05, 4.69) is 0 Å². The first-order valence-corrected chi connectivity index (χ1v) is 7.69. The molecule has 0 aromatic heterocycles. The third-order valence-electron chi connectivity index (χ3n) is 2.90. The first kappa shape index (κ1) is 12.8. The van der Waals surface area contributed by atoms with Crippen LogP contribution in [0.2, 0.25) is 0 Å². The van der Waals surface area contributed by atoms with Crippen LogP contribution in [0.15, 0.2) is 53.4 Å². The summed E-state index contributed by atoms with van der Waals surface area (Å²) in [6.45, 7) is 1.82. The SMILES string of the molecule is Cc1ccc(Cc2ccccc2)cc1S(C)(=O)=O. The maximum atomic E-state index is 11.7. The zero-order valence-corrected chi connectivity index (χ0v) is 11.4. The van der Waals surface area contributed by atoms with Crippen LogP contribution in [0, 0.1) is 6.92 Å². The minimum atomic E-state index is -3.15. The molecule has 0 fully saturated rings. The molecule has 2 nitrogen and oxygen atoms in total. The summed E-state index contributed by atoms with van der Waals surface area (Å²) in [6, 6.07) is 15.7. The van der Waals surface area contributed by atoms with E-state index in [1.807, 2.05) is 49.4 Å². The van der Waals surface area contributed by atoms with Crippen LogP contribution in [0.25, 0.3) is 0 Å².